The van der Waals surface area contributed by atoms with Crippen LogP contribution in [0.5, 0.6) is 0 Å². The van der Waals surface area contributed by atoms with Crippen LogP contribution in [-0.4, -0.2) is 41.7 Å². The predicted octanol–water partition coefficient (Wildman–Crippen LogP) is 0.0764. The van der Waals surface area contributed by atoms with Crippen LogP contribution in [0.2, 0.25) is 0 Å². The summed E-state index contributed by atoms with van der Waals surface area (Å²) in [6.07, 6.45) is 0.435. The molecule has 8 heteroatoms. The monoisotopic (exact) mass is 301 g/mol. The number of carboxylic acids is 1. The second kappa shape index (κ2) is 7.01. The van der Waals surface area contributed by atoms with E-state index in [2.05, 4.69) is 5.32 Å². The smallest absolute Gasteiger partial charge is 0.327 e. The van der Waals surface area contributed by atoms with Crippen molar-refractivity contribution in [2.24, 2.45) is 0 Å². The fourth-order valence-electron chi connectivity index (χ4n) is 1.55. The lowest BCUT2D eigenvalue weighted by Gasteiger charge is -2.12. The SMILES string of the molecule is O=C(CCc1ccccc1)N[C@@H](CS(=O)(=O)O)C(=O)O. The Morgan fingerprint density at radius 2 is 1.80 bits per heavy atom. The Morgan fingerprint density at radius 1 is 1.20 bits per heavy atom. The normalized spacial score (nSPS) is 12.7. The zero-order valence-corrected chi connectivity index (χ0v) is 11.3. The van der Waals surface area contributed by atoms with E-state index in [1.807, 2.05) is 30.3 Å². The van der Waals surface area contributed by atoms with Crippen molar-refractivity contribution >= 4 is 22.0 Å². The Morgan fingerprint density at radius 3 is 2.30 bits per heavy atom. The molecular formula is C12H15NO6S. The Labute approximate surface area is 116 Å². The number of hydrogen-bond donors (Lipinski definition) is 3. The molecule has 7 nitrogen and oxygen atoms in total. The number of benzene rings is 1. The van der Waals surface area contributed by atoms with E-state index in [0.29, 0.717) is 6.42 Å². The Balaban J connectivity index is 2.52. The van der Waals surface area contributed by atoms with Crippen molar-refractivity contribution in [3.05, 3.63) is 35.9 Å². The number of carbonyl (C=O) groups excluding carboxylic acids is 1. The van der Waals surface area contributed by atoms with E-state index in [4.69, 9.17) is 9.66 Å². The number of carbonyl (C=O) groups is 2. The van der Waals surface area contributed by atoms with E-state index >= 15 is 0 Å². The fraction of sp³-hybridized carbons (Fsp3) is 0.333. The average Bonchev–Trinajstić information content (AvgIpc) is 2.35. The lowest BCUT2D eigenvalue weighted by molar-refractivity contribution is -0.141. The summed E-state index contributed by atoms with van der Waals surface area (Å²) in [6.45, 7) is 0. The van der Waals surface area contributed by atoms with Crippen molar-refractivity contribution in [3.63, 3.8) is 0 Å². The first-order chi connectivity index (χ1) is 9.28. The molecule has 0 aliphatic heterocycles. The molecule has 0 heterocycles. The summed E-state index contributed by atoms with van der Waals surface area (Å²) in [6, 6.07) is 7.43. The van der Waals surface area contributed by atoms with Gasteiger partial charge < -0.3 is 10.4 Å². The van der Waals surface area contributed by atoms with Crippen molar-refractivity contribution in [1.82, 2.24) is 5.32 Å². The maximum absolute atomic E-state index is 11.6. The Hall–Kier alpha value is -1.93. The van der Waals surface area contributed by atoms with Crippen LogP contribution in [-0.2, 0) is 26.1 Å². The maximum atomic E-state index is 11.6. The molecule has 1 aromatic carbocycles. The van der Waals surface area contributed by atoms with Crippen molar-refractivity contribution in [2.75, 3.05) is 5.75 Å². The van der Waals surface area contributed by atoms with Gasteiger partial charge in [-0.1, -0.05) is 30.3 Å². The van der Waals surface area contributed by atoms with Crippen LogP contribution < -0.4 is 5.32 Å². The lowest BCUT2D eigenvalue weighted by atomic mass is 10.1. The molecule has 0 spiro atoms. The van der Waals surface area contributed by atoms with Gasteiger partial charge in [-0.05, 0) is 12.0 Å². The minimum atomic E-state index is -4.48. The third kappa shape index (κ3) is 6.30. The van der Waals surface area contributed by atoms with Gasteiger partial charge in [0, 0.05) is 6.42 Å². The number of aliphatic carboxylic acids is 1. The number of amides is 1. The zero-order chi connectivity index (χ0) is 15.2. The largest absolute Gasteiger partial charge is 0.480 e. The molecule has 0 saturated carbocycles. The molecule has 20 heavy (non-hydrogen) atoms. The third-order valence-corrected chi connectivity index (χ3v) is 3.25. The molecule has 0 aliphatic rings. The molecule has 0 bridgehead atoms. The number of carboxylic acid groups (broad SMARTS) is 1. The van der Waals surface area contributed by atoms with Crippen LogP contribution in [0.3, 0.4) is 0 Å². The van der Waals surface area contributed by atoms with Crippen LogP contribution in [0.4, 0.5) is 0 Å². The van der Waals surface area contributed by atoms with Gasteiger partial charge in [0.2, 0.25) is 5.91 Å². The summed E-state index contributed by atoms with van der Waals surface area (Å²) in [7, 11) is -4.48. The predicted molar refractivity (Wildman–Crippen MR) is 70.7 cm³/mol. The average molecular weight is 301 g/mol. The lowest BCUT2D eigenvalue weighted by Crippen LogP contribution is -2.45. The Bertz CT molecular complexity index is 569. The highest BCUT2D eigenvalue weighted by Crippen LogP contribution is 2.02. The maximum Gasteiger partial charge on any atom is 0.327 e. The van der Waals surface area contributed by atoms with E-state index in [0.717, 1.165) is 5.56 Å². The summed E-state index contributed by atoms with van der Waals surface area (Å²) in [4.78, 5) is 22.4. The van der Waals surface area contributed by atoms with E-state index in [-0.39, 0.29) is 6.42 Å². The zero-order valence-electron chi connectivity index (χ0n) is 10.5. The van der Waals surface area contributed by atoms with Crippen molar-refractivity contribution in [2.45, 2.75) is 18.9 Å². The second-order valence-electron chi connectivity index (χ2n) is 4.19. The molecule has 1 aromatic rings. The highest BCUT2D eigenvalue weighted by Gasteiger charge is 2.25. The minimum absolute atomic E-state index is 0.0271. The highest BCUT2D eigenvalue weighted by atomic mass is 32.2. The molecule has 1 rings (SSSR count). The number of aryl methyl sites for hydroxylation is 1. The summed E-state index contributed by atoms with van der Waals surface area (Å²) >= 11 is 0. The van der Waals surface area contributed by atoms with Crippen molar-refractivity contribution in [1.29, 1.82) is 0 Å². The second-order valence-corrected chi connectivity index (χ2v) is 5.69. The number of hydrogen-bond acceptors (Lipinski definition) is 4. The molecule has 0 fully saturated rings. The van der Waals surface area contributed by atoms with Gasteiger partial charge in [0.15, 0.2) is 0 Å². The van der Waals surface area contributed by atoms with Crippen LogP contribution in [0.25, 0.3) is 0 Å². The van der Waals surface area contributed by atoms with Gasteiger partial charge in [-0.3, -0.25) is 9.35 Å². The van der Waals surface area contributed by atoms with Gasteiger partial charge in [0.25, 0.3) is 10.1 Å². The molecule has 0 aliphatic carbocycles. The summed E-state index contributed by atoms with van der Waals surface area (Å²) < 4.78 is 29.9. The molecule has 0 aromatic heterocycles. The minimum Gasteiger partial charge on any atom is -0.480 e. The third-order valence-electron chi connectivity index (χ3n) is 2.49. The molecular weight excluding hydrogens is 286 g/mol. The molecule has 3 N–H and O–H groups in total. The van der Waals surface area contributed by atoms with Crippen LogP contribution in [0.1, 0.15) is 12.0 Å². The van der Waals surface area contributed by atoms with E-state index < -0.39 is 33.8 Å². The van der Waals surface area contributed by atoms with Crippen molar-refractivity contribution in [3.8, 4) is 0 Å². The van der Waals surface area contributed by atoms with E-state index in [1.165, 1.54) is 0 Å². The van der Waals surface area contributed by atoms with Crippen LogP contribution in [0, 0.1) is 0 Å². The van der Waals surface area contributed by atoms with Gasteiger partial charge in [-0.15, -0.1) is 0 Å². The van der Waals surface area contributed by atoms with Gasteiger partial charge in [0.05, 0.1) is 0 Å². The van der Waals surface area contributed by atoms with Gasteiger partial charge in [0.1, 0.15) is 11.8 Å². The highest BCUT2D eigenvalue weighted by molar-refractivity contribution is 7.85. The topological polar surface area (TPSA) is 121 Å². The fourth-order valence-corrected chi connectivity index (χ4v) is 2.20. The Kier molecular flexibility index (Phi) is 5.66. The number of rotatable bonds is 7. The first kappa shape index (κ1) is 16.1. The molecule has 1 atom stereocenters. The standard InChI is InChI=1S/C12H15NO6S/c14-11(7-6-9-4-2-1-3-5-9)13-10(12(15)16)8-20(17,18)19/h1-5,10H,6-8H2,(H,13,14)(H,15,16)(H,17,18,19)/t10-/m0/s1. The van der Waals surface area contributed by atoms with Gasteiger partial charge in [-0.25, -0.2) is 4.79 Å². The van der Waals surface area contributed by atoms with Crippen molar-refractivity contribution < 1.29 is 27.7 Å². The molecule has 0 unspecified atom stereocenters. The number of nitrogens with one attached hydrogen (secondary N) is 1. The molecule has 1 amide bonds. The summed E-state index contributed by atoms with van der Waals surface area (Å²) in [5, 5.41) is 10.8. The quantitative estimate of drug-likeness (QED) is 0.613. The molecule has 110 valence electrons. The van der Waals surface area contributed by atoms with Crippen LogP contribution in [0.15, 0.2) is 30.3 Å². The van der Waals surface area contributed by atoms with E-state index in [9.17, 15) is 18.0 Å². The first-order valence-corrected chi connectivity index (χ1v) is 7.40. The van der Waals surface area contributed by atoms with Gasteiger partial charge >= 0.3 is 5.97 Å². The van der Waals surface area contributed by atoms with E-state index in [1.54, 1.807) is 0 Å². The molecule has 0 saturated heterocycles. The molecule has 0 radical (unpaired) electrons. The summed E-state index contributed by atoms with van der Waals surface area (Å²) in [5.41, 5.74) is 0.907. The van der Waals surface area contributed by atoms with Crippen LogP contribution >= 0.6 is 0 Å². The first-order valence-electron chi connectivity index (χ1n) is 5.79. The van der Waals surface area contributed by atoms with Gasteiger partial charge in [-0.2, -0.15) is 8.42 Å². The summed E-state index contributed by atoms with van der Waals surface area (Å²) in [5.74, 6) is -3.17.